The van der Waals surface area contributed by atoms with Crippen molar-refractivity contribution in [2.75, 3.05) is 0 Å². The molecule has 0 fully saturated rings. The van der Waals surface area contributed by atoms with Crippen molar-refractivity contribution in [2.24, 2.45) is 5.84 Å². The van der Waals surface area contributed by atoms with Gasteiger partial charge < -0.3 is 4.57 Å². The molecule has 4 heteroatoms. The average molecular weight is 272 g/mol. The third-order valence-electron chi connectivity index (χ3n) is 3.50. The summed E-state index contributed by atoms with van der Waals surface area (Å²) in [6.07, 6.45) is 6.78. The minimum Gasteiger partial charge on any atom is -0.335 e. The molecule has 1 aromatic carbocycles. The number of hydrogen-bond donors (Lipinski definition) is 2. The first kappa shape index (κ1) is 14.8. The van der Waals surface area contributed by atoms with E-state index < -0.39 is 0 Å². The van der Waals surface area contributed by atoms with Crippen molar-refractivity contribution in [1.82, 2.24) is 15.0 Å². The summed E-state index contributed by atoms with van der Waals surface area (Å²) >= 11 is 0. The van der Waals surface area contributed by atoms with Crippen molar-refractivity contribution in [3.8, 4) is 0 Å². The lowest BCUT2D eigenvalue weighted by atomic mass is 10.0. The summed E-state index contributed by atoms with van der Waals surface area (Å²) in [5, 5.41) is 0. The number of benzene rings is 1. The first-order valence-electron chi connectivity index (χ1n) is 7.24. The van der Waals surface area contributed by atoms with Gasteiger partial charge in [0.1, 0.15) is 5.82 Å². The number of nitrogens with one attached hydrogen (secondary N) is 1. The van der Waals surface area contributed by atoms with Crippen molar-refractivity contribution in [3.63, 3.8) is 0 Å². The van der Waals surface area contributed by atoms with Crippen LogP contribution in [0.4, 0.5) is 0 Å². The van der Waals surface area contributed by atoms with Gasteiger partial charge in [0.2, 0.25) is 0 Å². The second-order valence-electron chi connectivity index (χ2n) is 5.30. The Labute approximate surface area is 121 Å². The van der Waals surface area contributed by atoms with E-state index in [2.05, 4.69) is 53.1 Å². The predicted molar refractivity (Wildman–Crippen MR) is 82.2 cm³/mol. The van der Waals surface area contributed by atoms with Crippen LogP contribution in [-0.4, -0.2) is 15.6 Å². The molecule has 0 aliphatic heterocycles. The van der Waals surface area contributed by atoms with Crippen LogP contribution in [0, 0.1) is 6.92 Å². The average Bonchev–Trinajstić information content (AvgIpc) is 2.86. The van der Waals surface area contributed by atoms with Crippen molar-refractivity contribution in [3.05, 3.63) is 53.6 Å². The quantitative estimate of drug-likeness (QED) is 0.600. The van der Waals surface area contributed by atoms with Crippen LogP contribution in [-0.2, 0) is 19.4 Å². The topological polar surface area (TPSA) is 55.9 Å². The predicted octanol–water partition coefficient (Wildman–Crippen LogP) is 2.22. The summed E-state index contributed by atoms with van der Waals surface area (Å²) in [7, 11) is 0. The first-order valence-corrected chi connectivity index (χ1v) is 7.24. The second-order valence-corrected chi connectivity index (χ2v) is 5.30. The van der Waals surface area contributed by atoms with E-state index in [9.17, 15) is 0 Å². The first-order chi connectivity index (χ1) is 9.72. The molecule has 20 heavy (non-hydrogen) atoms. The van der Waals surface area contributed by atoms with Crippen molar-refractivity contribution < 1.29 is 0 Å². The Bertz CT molecular complexity index is 533. The molecule has 0 radical (unpaired) electrons. The molecule has 2 rings (SSSR count). The zero-order valence-electron chi connectivity index (χ0n) is 12.3. The second kappa shape index (κ2) is 7.22. The Hall–Kier alpha value is -1.65. The monoisotopic (exact) mass is 272 g/mol. The molecule has 0 amide bonds. The smallest absolute Gasteiger partial charge is 0.110 e. The van der Waals surface area contributed by atoms with Gasteiger partial charge in [-0.15, -0.1) is 0 Å². The number of imidazole rings is 1. The molecule has 0 aliphatic carbocycles. The highest BCUT2D eigenvalue weighted by atomic mass is 15.2. The molecule has 0 bridgehead atoms. The van der Waals surface area contributed by atoms with E-state index >= 15 is 0 Å². The lowest BCUT2D eigenvalue weighted by Crippen LogP contribution is -2.39. The lowest BCUT2D eigenvalue weighted by molar-refractivity contribution is 0.495. The SMILES string of the molecule is CCCn1ccnc1CC(Cc1cccc(C)c1)NN. The van der Waals surface area contributed by atoms with Gasteiger partial charge in [-0.3, -0.25) is 11.3 Å². The van der Waals surface area contributed by atoms with Crippen molar-refractivity contribution >= 4 is 0 Å². The molecule has 1 aromatic heterocycles. The molecule has 3 N–H and O–H groups in total. The van der Waals surface area contributed by atoms with E-state index in [4.69, 9.17) is 5.84 Å². The summed E-state index contributed by atoms with van der Waals surface area (Å²) in [5.41, 5.74) is 5.51. The molecule has 1 atom stereocenters. The Morgan fingerprint density at radius 2 is 2.20 bits per heavy atom. The number of aromatic nitrogens is 2. The largest absolute Gasteiger partial charge is 0.335 e. The number of hydrazine groups is 1. The number of hydrogen-bond acceptors (Lipinski definition) is 3. The van der Waals surface area contributed by atoms with Gasteiger partial charge in [0.15, 0.2) is 0 Å². The lowest BCUT2D eigenvalue weighted by Gasteiger charge is -2.17. The van der Waals surface area contributed by atoms with Crippen LogP contribution in [0.5, 0.6) is 0 Å². The molecular weight excluding hydrogens is 248 g/mol. The van der Waals surface area contributed by atoms with E-state index in [-0.39, 0.29) is 6.04 Å². The maximum atomic E-state index is 5.71. The molecule has 1 unspecified atom stereocenters. The van der Waals surface area contributed by atoms with Gasteiger partial charge in [-0.05, 0) is 25.3 Å². The highest BCUT2D eigenvalue weighted by molar-refractivity contribution is 5.23. The molecule has 4 nitrogen and oxygen atoms in total. The molecule has 2 aromatic rings. The maximum Gasteiger partial charge on any atom is 0.110 e. The Kier molecular flexibility index (Phi) is 5.32. The normalized spacial score (nSPS) is 12.6. The Morgan fingerprint density at radius 1 is 1.35 bits per heavy atom. The molecule has 0 aliphatic rings. The van der Waals surface area contributed by atoms with Gasteiger partial charge in [-0.2, -0.15) is 0 Å². The molecule has 0 saturated heterocycles. The summed E-state index contributed by atoms with van der Waals surface area (Å²) in [5.74, 6) is 6.81. The molecular formula is C16H24N4. The van der Waals surface area contributed by atoms with Crippen LogP contribution in [0.15, 0.2) is 36.7 Å². The van der Waals surface area contributed by atoms with Gasteiger partial charge in [0.05, 0.1) is 0 Å². The molecule has 1 heterocycles. The molecule has 0 saturated carbocycles. The van der Waals surface area contributed by atoms with Gasteiger partial charge in [0, 0.05) is 31.4 Å². The summed E-state index contributed by atoms with van der Waals surface area (Å²) < 4.78 is 2.21. The van der Waals surface area contributed by atoms with Crippen LogP contribution < -0.4 is 11.3 Å². The van der Waals surface area contributed by atoms with E-state index in [0.29, 0.717) is 0 Å². The fraction of sp³-hybridized carbons (Fsp3) is 0.438. The fourth-order valence-corrected chi connectivity index (χ4v) is 2.51. The summed E-state index contributed by atoms with van der Waals surface area (Å²) in [4.78, 5) is 4.45. The summed E-state index contributed by atoms with van der Waals surface area (Å²) in [6, 6.07) is 8.77. The van der Waals surface area contributed by atoms with Crippen molar-refractivity contribution in [1.29, 1.82) is 0 Å². The third kappa shape index (κ3) is 3.92. The Morgan fingerprint density at radius 3 is 2.90 bits per heavy atom. The molecule has 108 valence electrons. The fourth-order valence-electron chi connectivity index (χ4n) is 2.51. The number of rotatable bonds is 7. The van der Waals surface area contributed by atoms with Crippen LogP contribution >= 0.6 is 0 Å². The summed E-state index contributed by atoms with van der Waals surface area (Å²) in [6.45, 7) is 5.30. The van der Waals surface area contributed by atoms with Crippen LogP contribution in [0.25, 0.3) is 0 Å². The van der Waals surface area contributed by atoms with Crippen LogP contribution in [0.3, 0.4) is 0 Å². The van der Waals surface area contributed by atoms with Crippen molar-refractivity contribution in [2.45, 2.75) is 45.7 Å². The zero-order valence-corrected chi connectivity index (χ0v) is 12.3. The Balaban J connectivity index is 2.03. The minimum absolute atomic E-state index is 0.204. The highest BCUT2D eigenvalue weighted by Gasteiger charge is 2.12. The highest BCUT2D eigenvalue weighted by Crippen LogP contribution is 2.10. The van der Waals surface area contributed by atoms with Gasteiger partial charge in [0.25, 0.3) is 0 Å². The molecule has 0 spiro atoms. The maximum absolute atomic E-state index is 5.71. The number of nitrogens with zero attached hydrogens (tertiary/aromatic N) is 2. The zero-order chi connectivity index (χ0) is 14.4. The van der Waals surface area contributed by atoms with Crippen LogP contribution in [0.1, 0.15) is 30.3 Å². The minimum atomic E-state index is 0.204. The van der Waals surface area contributed by atoms with E-state index in [1.807, 2.05) is 12.4 Å². The van der Waals surface area contributed by atoms with E-state index in [1.54, 1.807) is 0 Å². The van der Waals surface area contributed by atoms with Gasteiger partial charge >= 0.3 is 0 Å². The van der Waals surface area contributed by atoms with Gasteiger partial charge in [-0.1, -0.05) is 36.8 Å². The van der Waals surface area contributed by atoms with E-state index in [0.717, 1.165) is 31.6 Å². The third-order valence-corrected chi connectivity index (χ3v) is 3.50. The standard InChI is InChI=1S/C16H24N4/c1-3-8-20-9-7-18-16(20)12-15(19-17)11-14-6-4-5-13(2)10-14/h4-7,9-10,15,19H,3,8,11-12,17H2,1-2H3. The number of aryl methyl sites for hydroxylation is 2. The van der Waals surface area contributed by atoms with Crippen LogP contribution in [0.2, 0.25) is 0 Å². The number of nitrogens with two attached hydrogens (primary N) is 1. The van der Waals surface area contributed by atoms with E-state index in [1.165, 1.54) is 11.1 Å². The van der Waals surface area contributed by atoms with Gasteiger partial charge in [-0.25, -0.2) is 4.98 Å².